The van der Waals surface area contributed by atoms with E-state index >= 15 is 0 Å². The fourth-order valence-electron chi connectivity index (χ4n) is 7.91. The zero-order chi connectivity index (χ0) is 38.6. The number of nitrogens with zero attached hydrogens (tertiary/aromatic N) is 4. The molecule has 0 unspecified atom stereocenters. The van der Waals surface area contributed by atoms with Gasteiger partial charge in [0.15, 0.2) is 0 Å². The Balaban J connectivity index is 0.917. The normalized spacial score (nSPS) is 17.2. The van der Waals surface area contributed by atoms with E-state index in [0.717, 1.165) is 77.3 Å². The van der Waals surface area contributed by atoms with Gasteiger partial charge in [0.2, 0.25) is 5.91 Å². The summed E-state index contributed by atoms with van der Waals surface area (Å²) >= 11 is 0. The number of alkyl carbamates (subject to hydrolysis) is 1. The van der Waals surface area contributed by atoms with Crippen molar-refractivity contribution in [1.29, 1.82) is 0 Å². The van der Waals surface area contributed by atoms with Crippen molar-refractivity contribution in [2.75, 3.05) is 20.2 Å². The number of imidazole rings is 2. The molecule has 4 heterocycles. The summed E-state index contributed by atoms with van der Waals surface area (Å²) in [5.41, 5.74) is 8.87. The lowest BCUT2D eigenvalue weighted by Gasteiger charge is -2.28. The maximum atomic E-state index is 13.9. The minimum absolute atomic E-state index is 0.0487. The minimum Gasteiger partial charge on any atom is -0.453 e. The Hall–Kier alpha value is -6.49. The van der Waals surface area contributed by atoms with Gasteiger partial charge in [0.25, 0.3) is 5.91 Å². The highest BCUT2D eigenvalue weighted by atomic mass is 16.5. The van der Waals surface area contributed by atoms with Crippen molar-refractivity contribution >= 4 is 17.9 Å². The number of nitrogens with one attached hydrogen (secondary N) is 3. The van der Waals surface area contributed by atoms with Gasteiger partial charge in [-0.2, -0.15) is 0 Å². The van der Waals surface area contributed by atoms with E-state index in [1.165, 1.54) is 12.7 Å². The summed E-state index contributed by atoms with van der Waals surface area (Å²) < 4.78 is 4.83. The Morgan fingerprint density at radius 1 is 0.714 bits per heavy atom. The first-order valence-corrected chi connectivity index (χ1v) is 19.2. The van der Waals surface area contributed by atoms with E-state index in [4.69, 9.17) is 14.7 Å². The molecule has 11 nitrogen and oxygen atoms in total. The Morgan fingerprint density at radius 3 is 1.79 bits per heavy atom. The molecule has 3 atom stereocenters. The van der Waals surface area contributed by atoms with E-state index < -0.39 is 12.1 Å². The third-order valence-electron chi connectivity index (χ3n) is 11.0. The van der Waals surface area contributed by atoms with E-state index in [-0.39, 0.29) is 23.9 Å². The highest BCUT2D eigenvalue weighted by molar-refractivity contribution is 5.87. The molecule has 0 bridgehead atoms. The van der Waals surface area contributed by atoms with Crippen molar-refractivity contribution in [3.05, 3.63) is 144 Å². The van der Waals surface area contributed by atoms with Crippen LogP contribution in [-0.2, 0) is 20.7 Å². The maximum absolute atomic E-state index is 13.9. The highest BCUT2D eigenvalue weighted by Gasteiger charge is 2.37. The number of aryl methyl sites for hydroxylation is 1. The number of carbonyl (C=O) groups is 3. The van der Waals surface area contributed by atoms with Crippen LogP contribution >= 0.6 is 0 Å². The lowest BCUT2D eigenvalue weighted by molar-refractivity contribution is -0.134. The van der Waals surface area contributed by atoms with Crippen molar-refractivity contribution in [3.8, 4) is 33.6 Å². The Bertz CT molecular complexity index is 2300. The predicted octanol–water partition coefficient (Wildman–Crippen LogP) is 8.11. The van der Waals surface area contributed by atoms with Gasteiger partial charge in [0, 0.05) is 13.1 Å². The summed E-state index contributed by atoms with van der Waals surface area (Å²) in [6.45, 7) is 3.36. The number of methoxy groups -OCH3 is 1. The number of carbonyl (C=O) groups excluding carboxylic acids is 3. The van der Waals surface area contributed by atoms with Crippen LogP contribution in [0.3, 0.4) is 0 Å². The molecule has 0 spiro atoms. The van der Waals surface area contributed by atoms with Gasteiger partial charge in [0.05, 0.1) is 49.4 Å². The highest BCUT2D eigenvalue weighted by Crippen LogP contribution is 2.35. The second-order valence-electron chi connectivity index (χ2n) is 14.6. The topological polar surface area (TPSA) is 136 Å². The third kappa shape index (κ3) is 7.70. The lowest BCUT2D eigenvalue weighted by atomic mass is 10.0. The molecule has 284 valence electrons. The maximum Gasteiger partial charge on any atom is 0.407 e. The van der Waals surface area contributed by atoms with Gasteiger partial charge in [-0.15, -0.1) is 0 Å². The zero-order valence-electron chi connectivity index (χ0n) is 31.6. The third-order valence-corrected chi connectivity index (χ3v) is 11.0. The van der Waals surface area contributed by atoms with Crippen molar-refractivity contribution in [1.82, 2.24) is 35.1 Å². The molecule has 3 amide bonds. The van der Waals surface area contributed by atoms with Gasteiger partial charge < -0.3 is 29.8 Å². The molecule has 6 aromatic rings. The van der Waals surface area contributed by atoms with Crippen LogP contribution < -0.4 is 5.32 Å². The lowest BCUT2D eigenvalue weighted by Crippen LogP contribution is -2.42. The van der Waals surface area contributed by atoms with Gasteiger partial charge in [0.1, 0.15) is 17.7 Å². The van der Waals surface area contributed by atoms with E-state index in [1.807, 2.05) is 59.8 Å². The first kappa shape index (κ1) is 36.5. The molecule has 3 N–H and O–H groups in total. The number of ether oxygens (including phenoxy) is 1. The van der Waals surface area contributed by atoms with Gasteiger partial charge >= 0.3 is 6.09 Å². The summed E-state index contributed by atoms with van der Waals surface area (Å²) in [6, 6.07) is 32.9. The van der Waals surface area contributed by atoms with Gasteiger partial charge in [-0.3, -0.25) is 9.59 Å². The van der Waals surface area contributed by atoms with E-state index in [2.05, 4.69) is 82.9 Å². The zero-order valence-corrected chi connectivity index (χ0v) is 31.6. The van der Waals surface area contributed by atoms with Crippen LogP contribution in [0.2, 0.25) is 0 Å². The second-order valence-corrected chi connectivity index (χ2v) is 14.6. The van der Waals surface area contributed by atoms with Gasteiger partial charge in [-0.25, -0.2) is 14.8 Å². The number of hydrogen-bond acceptors (Lipinski definition) is 6. The second kappa shape index (κ2) is 16.1. The van der Waals surface area contributed by atoms with Crippen molar-refractivity contribution in [2.45, 2.75) is 57.2 Å². The molecule has 8 rings (SSSR count). The fourth-order valence-corrected chi connectivity index (χ4v) is 7.91. The summed E-state index contributed by atoms with van der Waals surface area (Å²) in [4.78, 5) is 59.5. The van der Waals surface area contributed by atoms with Crippen LogP contribution in [-0.4, -0.2) is 67.8 Å². The molecule has 2 saturated heterocycles. The van der Waals surface area contributed by atoms with Crippen molar-refractivity contribution in [3.63, 3.8) is 0 Å². The van der Waals surface area contributed by atoms with Crippen molar-refractivity contribution < 1.29 is 19.1 Å². The fraction of sp³-hybridized carbons (Fsp3) is 0.267. The molecule has 56 heavy (non-hydrogen) atoms. The molecule has 2 aliphatic rings. The Labute approximate surface area is 326 Å². The summed E-state index contributed by atoms with van der Waals surface area (Å²) in [5, 5.41) is 2.72. The van der Waals surface area contributed by atoms with Crippen molar-refractivity contribution in [2.24, 2.45) is 0 Å². The quantitative estimate of drug-likeness (QED) is 0.130. The summed E-state index contributed by atoms with van der Waals surface area (Å²) in [6.07, 6.45) is 6.85. The standard InChI is InChI=1S/C45H45N7O4/c1-29-12-14-30(15-13-29)26-40(53)51-24-6-10-38(51)42-46-27-36(48-42)33-20-16-31(17-21-33)32-18-22-34(23-19-32)37-28-47-43(49-37)39-11-7-25-52(39)44(54)41(50-45(55)56-2)35-8-4-3-5-9-35/h3-5,8-9,12-23,27-28,38-39,41H,6-7,10-11,24-26H2,1-2H3,(H,46,48)(H,47,49)(H,50,55)/t38-,39-,41+/m0/s1. The smallest absolute Gasteiger partial charge is 0.407 e. The average molecular weight is 748 g/mol. The van der Waals surface area contributed by atoms with Crippen LogP contribution in [0.5, 0.6) is 0 Å². The molecule has 0 saturated carbocycles. The SMILES string of the molecule is COC(=O)N[C@@H](C(=O)N1CCC[C@H]1c1ncc(-c2ccc(-c3ccc(-c4cnc([C@@H]5CCCN5C(=O)Cc5ccc(C)cc5)[nH]4)cc3)cc2)[nH]1)c1ccccc1. The number of rotatable bonds is 10. The van der Waals surface area contributed by atoms with Gasteiger partial charge in [-0.05, 0) is 66.0 Å². The number of aromatic nitrogens is 4. The molecule has 0 aliphatic carbocycles. The first-order valence-electron chi connectivity index (χ1n) is 19.2. The number of H-pyrrole nitrogens is 2. The minimum atomic E-state index is -0.869. The van der Waals surface area contributed by atoms with Crippen LogP contribution in [0.4, 0.5) is 4.79 Å². The molecule has 4 aromatic carbocycles. The first-order chi connectivity index (χ1) is 27.3. The van der Waals surface area contributed by atoms with Crippen LogP contribution in [0.25, 0.3) is 33.6 Å². The number of hydrogen-bond donors (Lipinski definition) is 3. The summed E-state index contributed by atoms with van der Waals surface area (Å²) in [7, 11) is 1.29. The van der Waals surface area contributed by atoms with E-state index in [1.54, 1.807) is 4.90 Å². The van der Waals surface area contributed by atoms with Gasteiger partial charge in [-0.1, -0.05) is 109 Å². The Morgan fingerprint density at radius 2 is 1.23 bits per heavy atom. The number of aromatic amines is 2. The van der Waals surface area contributed by atoms with Crippen LogP contribution in [0.1, 0.15) is 72.1 Å². The molecular weight excluding hydrogens is 703 g/mol. The molecule has 2 fully saturated rings. The van der Waals surface area contributed by atoms with E-state index in [9.17, 15) is 14.4 Å². The molecular formula is C45H45N7O4. The number of benzene rings is 4. The largest absolute Gasteiger partial charge is 0.453 e. The van der Waals surface area contributed by atoms with Crippen LogP contribution in [0.15, 0.2) is 116 Å². The molecule has 11 heteroatoms. The monoisotopic (exact) mass is 747 g/mol. The van der Waals surface area contributed by atoms with E-state index in [0.29, 0.717) is 24.4 Å². The average Bonchev–Trinajstić information content (AvgIpc) is 4.08. The Kier molecular flexibility index (Phi) is 10.5. The number of amides is 3. The molecule has 2 aromatic heterocycles. The summed E-state index contributed by atoms with van der Waals surface area (Å²) in [5.74, 6) is 1.47. The number of likely N-dealkylation sites (tertiary alicyclic amines) is 2. The predicted molar refractivity (Wildman–Crippen MR) is 214 cm³/mol. The molecule has 0 radical (unpaired) electrons. The van der Waals surface area contributed by atoms with Crippen LogP contribution in [0, 0.1) is 6.92 Å². The molecule has 2 aliphatic heterocycles.